The lowest BCUT2D eigenvalue weighted by Crippen LogP contribution is -2.23. The van der Waals surface area contributed by atoms with Gasteiger partial charge in [-0.25, -0.2) is 9.18 Å². The van der Waals surface area contributed by atoms with E-state index in [0.29, 0.717) is 17.9 Å². The summed E-state index contributed by atoms with van der Waals surface area (Å²) in [6, 6.07) is 9.20. The molecule has 8 nitrogen and oxygen atoms in total. The summed E-state index contributed by atoms with van der Waals surface area (Å²) in [6.07, 6.45) is 1.53. The van der Waals surface area contributed by atoms with Crippen LogP contribution in [0.2, 0.25) is 0 Å². The number of hydrogen-bond donors (Lipinski definition) is 1. The topological polar surface area (TPSA) is 106 Å². The molecule has 0 saturated carbocycles. The molecule has 3 rings (SSSR count). The second-order valence-corrected chi connectivity index (χ2v) is 6.68. The molecule has 1 amide bonds. The largest absolute Gasteiger partial charge is 0.494 e. The van der Waals surface area contributed by atoms with Crippen LogP contribution in [0.15, 0.2) is 41.0 Å². The van der Waals surface area contributed by atoms with E-state index in [4.69, 9.17) is 13.9 Å². The number of methoxy groups -OCH3 is 1. The van der Waals surface area contributed by atoms with Crippen LogP contribution in [0.3, 0.4) is 0 Å². The van der Waals surface area contributed by atoms with Gasteiger partial charge < -0.3 is 23.8 Å². The molecule has 1 aromatic carbocycles. The Morgan fingerprint density at radius 1 is 1.29 bits per heavy atom. The third-order valence-corrected chi connectivity index (χ3v) is 4.81. The van der Waals surface area contributed by atoms with Crippen LogP contribution in [0, 0.1) is 31.0 Å². The van der Waals surface area contributed by atoms with E-state index in [2.05, 4.69) is 11.4 Å². The number of nitriles is 1. The molecule has 0 bridgehead atoms. The fraction of sp³-hybridized carbons (Fsp3) is 0.227. The minimum Gasteiger partial charge on any atom is -0.494 e. The number of halogens is 1. The molecule has 0 radical (unpaired) electrons. The highest BCUT2D eigenvalue weighted by molar-refractivity contribution is 5.96. The number of rotatable bonds is 7. The van der Waals surface area contributed by atoms with E-state index < -0.39 is 24.3 Å². The number of carbonyl (C=O) groups excluding carboxylic acids is 2. The fourth-order valence-electron chi connectivity index (χ4n) is 3.06. The van der Waals surface area contributed by atoms with Gasteiger partial charge in [-0.15, -0.1) is 0 Å². The van der Waals surface area contributed by atoms with Crippen molar-refractivity contribution in [3.63, 3.8) is 0 Å². The smallest absolute Gasteiger partial charge is 0.338 e. The summed E-state index contributed by atoms with van der Waals surface area (Å²) >= 11 is 0. The predicted molar refractivity (Wildman–Crippen MR) is 108 cm³/mol. The van der Waals surface area contributed by atoms with Crippen molar-refractivity contribution in [2.45, 2.75) is 20.4 Å². The molecule has 0 aliphatic rings. The zero-order valence-electron chi connectivity index (χ0n) is 17.2. The van der Waals surface area contributed by atoms with Gasteiger partial charge in [0.2, 0.25) is 0 Å². The highest BCUT2D eigenvalue weighted by Gasteiger charge is 2.21. The van der Waals surface area contributed by atoms with Crippen molar-refractivity contribution in [2.24, 2.45) is 0 Å². The Labute approximate surface area is 177 Å². The van der Waals surface area contributed by atoms with Crippen LogP contribution in [-0.4, -0.2) is 30.2 Å². The first-order valence-electron chi connectivity index (χ1n) is 9.28. The van der Waals surface area contributed by atoms with Crippen molar-refractivity contribution in [3.05, 3.63) is 70.6 Å². The molecular formula is C22H20FN3O5. The number of benzene rings is 1. The van der Waals surface area contributed by atoms with Gasteiger partial charge in [-0.2, -0.15) is 5.26 Å². The van der Waals surface area contributed by atoms with E-state index in [1.165, 1.54) is 25.5 Å². The number of carbonyl (C=O) groups is 2. The zero-order valence-corrected chi connectivity index (χ0v) is 17.2. The van der Waals surface area contributed by atoms with Crippen molar-refractivity contribution in [3.8, 4) is 11.8 Å². The molecule has 160 valence electrons. The number of esters is 1. The molecule has 0 spiro atoms. The van der Waals surface area contributed by atoms with Gasteiger partial charge in [0.15, 0.2) is 18.2 Å². The molecule has 3 aromatic rings. The summed E-state index contributed by atoms with van der Waals surface area (Å²) in [6.45, 7) is 3.30. The lowest BCUT2D eigenvalue weighted by molar-refractivity contribution is -0.119. The third kappa shape index (κ3) is 4.59. The first kappa shape index (κ1) is 21.6. The maximum absolute atomic E-state index is 13.8. The van der Waals surface area contributed by atoms with Crippen LogP contribution >= 0.6 is 0 Å². The van der Waals surface area contributed by atoms with Gasteiger partial charge in [0, 0.05) is 5.69 Å². The predicted octanol–water partition coefficient (Wildman–Crippen LogP) is 3.56. The third-order valence-electron chi connectivity index (χ3n) is 4.81. The van der Waals surface area contributed by atoms with Gasteiger partial charge in [-0.3, -0.25) is 4.79 Å². The molecule has 0 atom stereocenters. The molecule has 31 heavy (non-hydrogen) atoms. The van der Waals surface area contributed by atoms with Crippen LogP contribution in [0.25, 0.3) is 0 Å². The van der Waals surface area contributed by atoms with Crippen molar-refractivity contribution in [1.82, 2.24) is 4.57 Å². The number of hydrogen-bond acceptors (Lipinski definition) is 6. The molecular weight excluding hydrogens is 405 g/mol. The van der Waals surface area contributed by atoms with E-state index in [-0.39, 0.29) is 17.1 Å². The second-order valence-electron chi connectivity index (χ2n) is 6.68. The number of furan rings is 1. The van der Waals surface area contributed by atoms with Crippen LogP contribution in [0.5, 0.6) is 5.75 Å². The summed E-state index contributed by atoms with van der Waals surface area (Å²) in [5, 5.41) is 12.2. The molecule has 0 saturated heterocycles. The first-order chi connectivity index (χ1) is 14.8. The fourth-order valence-corrected chi connectivity index (χ4v) is 3.06. The van der Waals surface area contributed by atoms with Gasteiger partial charge in [-0.05, 0) is 49.7 Å². The van der Waals surface area contributed by atoms with Crippen LogP contribution in [0.4, 0.5) is 10.2 Å². The Bertz CT molecular complexity index is 1160. The van der Waals surface area contributed by atoms with Gasteiger partial charge in [0.05, 0.1) is 31.0 Å². The number of amides is 1. The number of nitrogens with zero attached hydrogens (tertiary/aromatic N) is 2. The van der Waals surface area contributed by atoms with E-state index in [1.54, 1.807) is 23.6 Å². The highest BCUT2D eigenvalue weighted by atomic mass is 19.1. The maximum Gasteiger partial charge on any atom is 0.338 e. The Kier molecular flexibility index (Phi) is 6.40. The Balaban J connectivity index is 1.73. The number of aromatic nitrogens is 1. The average molecular weight is 425 g/mol. The minimum absolute atomic E-state index is 0.0126. The number of ether oxygens (including phenoxy) is 2. The van der Waals surface area contributed by atoms with Gasteiger partial charge in [0.25, 0.3) is 5.91 Å². The summed E-state index contributed by atoms with van der Waals surface area (Å²) in [4.78, 5) is 24.6. The first-order valence-corrected chi connectivity index (χ1v) is 9.28. The van der Waals surface area contributed by atoms with Crippen LogP contribution < -0.4 is 10.1 Å². The van der Waals surface area contributed by atoms with E-state index in [0.717, 1.165) is 17.3 Å². The standard InChI is InChI=1S/C22H20FN3O5/c1-13-14(2)26(11-16-5-4-8-30-16)21(17(13)10-24)25-20(27)12-31-22(28)15-6-7-19(29-3)18(23)9-15/h4-9H,11-12H2,1-3H3,(H,25,27). The van der Waals surface area contributed by atoms with Crippen molar-refractivity contribution in [2.75, 3.05) is 19.0 Å². The average Bonchev–Trinajstić information content (AvgIpc) is 3.35. The van der Waals surface area contributed by atoms with Gasteiger partial charge in [-0.1, -0.05) is 0 Å². The quantitative estimate of drug-likeness (QED) is 0.580. The molecule has 2 aromatic heterocycles. The summed E-state index contributed by atoms with van der Waals surface area (Å²) in [7, 11) is 1.31. The molecule has 0 fully saturated rings. The normalized spacial score (nSPS) is 10.4. The minimum atomic E-state index is -0.865. The molecule has 0 unspecified atom stereocenters. The Morgan fingerprint density at radius 2 is 2.06 bits per heavy atom. The van der Waals surface area contributed by atoms with Crippen LogP contribution in [0.1, 0.15) is 32.9 Å². The molecule has 9 heteroatoms. The lowest BCUT2D eigenvalue weighted by Gasteiger charge is -2.12. The number of anilines is 1. The van der Waals surface area contributed by atoms with Crippen molar-refractivity contribution in [1.29, 1.82) is 5.26 Å². The van der Waals surface area contributed by atoms with Gasteiger partial charge >= 0.3 is 5.97 Å². The van der Waals surface area contributed by atoms with Crippen molar-refractivity contribution >= 4 is 17.7 Å². The van der Waals surface area contributed by atoms with Crippen LogP contribution in [-0.2, 0) is 16.1 Å². The monoisotopic (exact) mass is 425 g/mol. The summed E-state index contributed by atoms with van der Waals surface area (Å²) in [5.74, 6) is -1.31. The van der Waals surface area contributed by atoms with E-state index in [1.807, 2.05) is 6.92 Å². The van der Waals surface area contributed by atoms with E-state index >= 15 is 0 Å². The molecule has 0 aliphatic heterocycles. The SMILES string of the molecule is COc1ccc(C(=O)OCC(=O)Nc2c(C#N)c(C)c(C)n2Cc2ccco2)cc1F. The number of nitrogens with one attached hydrogen (secondary N) is 1. The molecule has 0 aliphatic carbocycles. The molecule has 1 N–H and O–H groups in total. The maximum atomic E-state index is 13.8. The van der Waals surface area contributed by atoms with Gasteiger partial charge in [0.1, 0.15) is 17.6 Å². The lowest BCUT2D eigenvalue weighted by atomic mass is 10.2. The second kappa shape index (κ2) is 9.17. The van der Waals surface area contributed by atoms with E-state index in [9.17, 15) is 19.2 Å². The molecule has 2 heterocycles. The summed E-state index contributed by atoms with van der Waals surface area (Å²) < 4.78 is 30.7. The Morgan fingerprint density at radius 3 is 2.68 bits per heavy atom. The van der Waals surface area contributed by atoms with Crippen molar-refractivity contribution < 1.29 is 27.9 Å². The zero-order chi connectivity index (χ0) is 22.5. The summed E-state index contributed by atoms with van der Waals surface area (Å²) in [5.41, 5.74) is 1.75. The Hall–Kier alpha value is -4.06. The highest BCUT2D eigenvalue weighted by Crippen LogP contribution is 2.27.